The van der Waals surface area contributed by atoms with Crippen LogP contribution in [0.15, 0.2) is 60.7 Å². The van der Waals surface area contributed by atoms with Gasteiger partial charge in [-0.1, -0.05) is 76.6 Å². The van der Waals surface area contributed by atoms with Crippen molar-refractivity contribution < 1.29 is 9.53 Å². The van der Waals surface area contributed by atoms with Crippen molar-refractivity contribution in [3.05, 3.63) is 71.8 Å². The number of carbonyl (C=O) groups is 1. The van der Waals surface area contributed by atoms with Gasteiger partial charge in [0.1, 0.15) is 0 Å². The molecule has 2 saturated carbocycles. The molecule has 0 aliphatic heterocycles. The second kappa shape index (κ2) is 5.57. The van der Waals surface area contributed by atoms with E-state index in [1.165, 1.54) is 0 Å². The van der Waals surface area contributed by atoms with Gasteiger partial charge in [0.05, 0.1) is 11.5 Å². The predicted octanol–water partition coefficient (Wildman–Crippen LogP) is 3.97. The molecule has 2 fully saturated rings. The first-order valence-corrected chi connectivity index (χ1v) is 8.95. The van der Waals surface area contributed by atoms with E-state index in [1.807, 2.05) is 36.4 Å². The number of rotatable bonds is 3. The minimum absolute atomic E-state index is 0.0877. The number of ketones is 1. The van der Waals surface area contributed by atoms with Gasteiger partial charge in [-0.3, -0.25) is 4.79 Å². The van der Waals surface area contributed by atoms with E-state index in [0.29, 0.717) is 5.78 Å². The highest BCUT2D eigenvalue weighted by Crippen LogP contribution is 2.62. The topological polar surface area (TPSA) is 26.3 Å². The van der Waals surface area contributed by atoms with Crippen LogP contribution in [0.3, 0.4) is 0 Å². The lowest BCUT2D eigenvalue weighted by atomic mass is 9.48. The number of hydrogen-bond donors (Lipinski definition) is 0. The van der Waals surface area contributed by atoms with Gasteiger partial charge in [-0.25, -0.2) is 0 Å². The number of benzene rings is 2. The maximum atomic E-state index is 13.3. The van der Waals surface area contributed by atoms with Gasteiger partial charge in [0.2, 0.25) is 0 Å². The molecule has 2 aliphatic carbocycles. The quantitative estimate of drug-likeness (QED) is 0.764. The minimum Gasteiger partial charge on any atom is -0.380 e. The standard InChI is InChI=1S/C20H19BrO2/c1-23-16-12-15-17(18(16)21)20(19(15)22,13-8-4-2-5-9-13)14-10-6-3-7-11-14/h2-11,15-18H,12H2,1H3/t15-,16+,17-,18-/m0/s1. The summed E-state index contributed by atoms with van der Waals surface area (Å²) in [6.45, 7) is 0. The van der Waals surface area contributed by atoms with Crippen molar-refractivity contribution in [1.82, 2.24) is 0 Å². The number of hydrogen-bond acceptors (Lipinski definition) is 2. The molecule has 0 aromatic heterocycles. The fraction of sp³-hybridized carbons (Fsp3) is 0.350. The lowest BCUT2D eigenvalue weighted by Gasteiger charge is -2.52. The van der Waals surface area contributed by atoms with Crippen LogP contribution in [-0.2, 0) is 14.9 Å². The maximum absolute atomic E-state index is 13.3. The van der Waals surface area contributed by atoms with Crippen LogP contribution in [-0.4, -0.2) is 23.8 Å². The third kappa shape index (κ3) is 1.93. The van der Waals surface area contributed by atoms with Crippen LogP contribution >= 0.6 is 15.9 Å². The molecule has 4 rings (SSSR count). The fourth-order valence-corrected chi connectivity index (χ4v) is 5.81. The Morgan fingerprint density at radius 2 is 1.52 bits per heavy atom. The van der Waals surface area contributed by atoms with Crippen molar-refractivity contribution in [1.29, 1.82) is 0 Å². The van der Waals surface area contributed by atoms with E-state index >= 15 is 0 Å². The van der Waals surface area contributed by atoms with E-state index < -0.39 is 5.41 Å². The fourth-order valence-electron chi connectivity index (χ4n) is 4.62. The number of ether oxygens (including phenoxy) is 1. The first-order valence-electron chi connectivity index (χ1n) is 8.03. The van der Waals surface area contributed by atoms with Crippen LogP contribution in [0.4, 0.5) is 0 Å². The predicted molar refractivity (Wildman–Crippen MR) is 93.8 cm³/mol. The summed E-state index contributed by atoms with van der Waals surface area (Å²) >= 11 is 3.84. The van der Waals surface area contributed by atoms with E-state index in [9.17, 15) is 4.79 Å². The average molecular weight is 371 g/mol. The average Bonchev–Trinajstić information content (AvgIpc) is 2.91. The zero-order valence-electron chi connectivity index (χ0n) is 13.0. The van der Waals surface area contributed by atoms with E-state index in [2.05, 4.69) is 40.2 Å². The molecular formula is C20H19BrO2. The molecule has 2 aromatic carbocycles. The van der Waals surface area contributed by atoms with Gasteiger partial charge in [-0.2, -0.15) is 0 Å². The van der Waals surface area contributed by atoms with E-state index in [0.717, 1.165) is 17.5 Å². The molecule has 2 nitrogen and oxygen atoms in total. The van der Waals surface area contributed by atoms with Crippen molar-refractivity contribution in [3.63, 3.8) is 0 Å². The molecular weight excluding hydrogens is 352 g/mol. The van der Waals surface area contributed by atoms with Crippen LogP contribution in [0.2, 0.25) is 0 Å². The Balaban J connectivity index is 1.90. The van der Waals surface area contributed by atoms with Crippen LogP contribution < -0.4 is 0 Å². The summed E-state index contributed by atoms with van der Waals surface area (Å²) in [7, 11) is 1.74. The Hall–Kier alpha value is -1.45. The highest BCUT2D eigenvalue weighted by Gasteiger charge is 2.69. The first kappa shape index (κ1) is 15.1. The van der Waals surface area contributed by atoms with Crippen molar-refractivity contribution >= 4 is 21.7 Å². The summed E-state index contributed by atoms with van der Waals surface area (Å²) < 4.78 is 5.62. The van der Waals surface area contributed by atoms with E-state index in [1.54, 1.807) is 7.11 Å². The Labute approximate surface area is 145 Å². The molecule has 0 bridgehead atoms. The van der Waals surface area contributed by atoms with Gasteiger partial charge in [0.25, 0.3) is 0 Å². The number of carbonyl (C=O) groups excluding carboxylic acids is 1. The van der Waals surface area contributed by atoms with Gasteiger partial charge in [-0.15, -0.1) is 0 Å². The number of Topliss-reactive ketones (excluding diaryl/α,β-unsaturated/α-hetero) is 1. The van der Waals surface area contributed by atoms with Gasteiger partial charge in [0.15, 0.2) is 5.78 Å². The molecule has 0 N–H and O–H groups in total. The van der Waals surface area contributed by atoms with Crippen molar-refractivity contribution in [2.24, 2.45) is 11.8 Å². The second-order valence-corrected chi connectivity index (χ2v) is 7.55. The molecule has 0 heterocycles. The Morgan fingerprint density at radius 3 is 2.00 bits per heavy atom. The normalized spacial score (nSPS) is 31.5. The van der Waals surface area contributed by atoms with Crippen LogP contribution in [0.25, 0.3) is 0 Å². The largest absolute Gasteiger partial charge is 0.380 e. The monoisotopic (exact) mass is 370 g/mol. The molecule has 4 atom stereocenters. The zero-order chi connectivity index (χ0) is 16.0. The smallest absolute Gasteiger partial charge is 0.151 e. The van der Waals surface area contributed by atoms with E-state index in [4.69, 9.17) is 4.74 Å². The summed E-state index contributed by atoms with van der Waals surface area (Å²) in [5.74, 6) is 0.665. The summed E-state index contributed by atoms with van der Waals surface area (Å²) in [5, 5.41) is 0. The van der Waals surface area contributed by atoms with Crippen molar-refractivity contribution in [2.75, 3.05) is 7.11 Å². The molecule has 2 aliphatic rings. The summed E-state index contributed by atoms with van der Waals surface area (Å²) in [4.78, 5) is 13.5. The van der Waals surface area contributed by atoms with Gasteiger partial charge in [-0.05, 0) is 17.5 Å². The number of fused-ring (bicyclic) bond motifs is 1. The maximum Gasteiger partial charge on any atom is 0.151 e. The zero-order valence-corrected chi connectivity index (χ0v) is 14.6. The molecule has 2 aromatic rings. The molecule has 0 radical (unpaired) electrons. The van der Waals surface area contributed by atoms with Gasteiger partial charge >= 0.3 is 0 Å². The number of methoxy groups -OCH3 is 1. The Bertz CT molecular complexity index is 673. The Morgan fingerprint density at radius 1 is 1.00 bits per heavy atom. The van der Waals surface area contributed by atoms with E-state index in [-0.39, 0.29) is 22.8 Å². The minimum atomic E-state index is -0.547. The molecule has 118 valence electrons. The van der Waals surface area contributed by atoms with Crippen LogP contribution in [0, 0.1) is 11.8 Å². The highest BCUT2D eigenvalue weighted by atomic mass is 79.9. The number of alkyl halides is 1. The number of halogens is 1. The first-order chi connectivity index (χ1) is 11.2. The van der Waals surface area contributed by atoms with Crippen molar-refractivity contribution in [3.8, 4) is 0 Å². The summed E-state index contributed by atoms with van der Waals surface area (Å²) in [5.41, 5.74) is 1.64. The third-order valence-electron chi connectivity index (χ3n) is 5.60. The molecule has 0 unspecified atom stereocenters. The highest BCUT2D eigenvalue weighted by molar-refractivity contribution is 9.09. The summed E-state index contributed by atoms with van der Waals surface area (Å²) in [6.07, 6.45) is 0.917. The van der Waals surface area contributed by atoms with Crippen LogP contribution in [0.1, 0.15) is 17.5 Å². The second-order valence-electron chi connectivity index (χ2n) is 6.49. The third-order valence-corrected chi connectivity index (χ3v) is 6.76. The van der Waals surface area contributed by atoms with Gasteiger partial charge < -0.3 is 4.74 Å². The molecule has 3 heteroatoms. The van der Waals surface area contributed by atoms with Crippen molar-refractivity contribution in [2.45, 2.75) is 22.8 Å². The molecule has 0 amide bonds. The molecule has 23 heavy (non-hydrogen) atoms. The van der Waals surface area contributed by atoms with Crippen LogP contribution in [0.5, 0.6) is 0 Å². The molecule has 0 spiro atoms. The Kier molecular flexibility index (Phi) is 3.66. The SMILES string of the molecule is CO[C@@H]1C[C@@H]2C(=O)C(c3ccccc3)(c3ccccc3)[C@@H]2[C@H]1Br. The summed E-state index contributed by atoms with van der Waals surface area (Å²) in [6, 6.07) is 20.4. The van der Waals surface area contributed by atoms with Gasteiger partial charge in [0, 0.05) is 23.8 Å². The lowest BCUT2D eigenvalue weighted by molar-refractivity contribution is -0.141. The lowest BCUT2D eigenvalue weighted by Crippen LogP contribution is -2.61. The molecule has 0 saturated heterocycles.